The van der Waals surface area contributed by atoms with Gasteiger partial charge < -0.3 is 4.74 Å². The van der Waals surface area contributed by atoms with Gasteiger partial charge in [-0.1, -0.05) is 48.5 Å². The highest BCUT2D eigenvalue weighted by molar-refractivity contribution is 5.90. The van der Waals surface area contributed by atoms with Crippen molar-refractivity contribution in [3.05, 3.63) is 72.1 Å². The molecule has 1 aliphatic rings. The lowest BCUT2D eigenvalue weighted by Crippen LogP contribution is -2.41. The van der Waals surface area contributed by atoms with E-state index in [0.29, 0.717) is 12.4 Å². The van der Waals surface area contributed by atoms with Gasteiger partial charge in [-0.25, -0.2) is 4.68 Å². The maximum Gasteiger partial charge on any atom is 0.231 e. The van der Waals surface area contributed by atoms with Gasteiger partial charge in [-0.2, -0.15) is 10.1 Å². The number of carbonyl (C=O) groups is 1. The molecule has 1 aliphatic heterocycles. The summed E-state index contributed by atoms with van der Waals surface area (Å²) in [6.45, 7) is 1.57. The third kappa shape index (κ3) is 2.63. The van der Waals surface area contributed by atoms with Gasteiger partial charge >= 0.3 is 0 Å². The van der Waals surface area contributed by atoms with Gasteiger partial charge in [0.1, 0.15) is 12.1 Å². The van der Waals surface area contributed by atoms with Crippen molar-refractivity contribution >= 4 is 11.9 Å². The number of benzene rings is 2. The Kier molecular flexibility index (Phi) is 4.16. The number of hydrogen-bond acceptors (Lipinski definition) is 4. The molecule has 2 aromatic carbocycles. The minimum Gasteiger partial charge on any atom is -0.496 e. The molecular weight excluding hydrogens is 328 g/mol. The van der Waals surface area contributed by atoms with Gasteiger partial charge in [-0.15, -0.1) is 0 Å². The number of hydrogen-bond donors (Lipinski definition) is 0. The SMILES string of the molecule is COc1ccccc1[C@@H]1C[C@H](c2ccccc2)N(C(C)=O)c2ncnn21. The first-order valence-corrected chi connectivity index (χ1v) is 8.58. The predicted octanol–water partition coefficient (Wildman–Crippen LogP) is 3.37. The van der Waals surface area contributed by atoms with Crippen molar-refractivity contribution in [3.63, 3.8) is 0 Å². The fourth-order valence-corrected chi connectivity index (χ4v) is 3.71. The van der Waals surface area contributed by atoms with Crippen molar-refractivity contribution in [2.75, 3.05) is 12.0 Å². The van der Waals surface area contributed by atoms with Crippen LogP contribution in [-0.4, -0.2) is 27.8 Å². The second kappa shape index (κ2) is 6.63. The average Bonchev–Trinajstić information content (AvgIpc) is 3.16. The van der Waals surface area contributed by atoms with E-state index in [0.717, 1.165) is 16.9 Å². The number of para-hydroxylation sites is 1. The Balaban J connectivity index is 1.87. The Morgan fingerprint density at radius 3 is 2.54 bits per heavy atom. The molecule has 2 heterocycles. The molecule has 0 spiro atoms. The predicted molar refractivity (Wildman–Crippen MR) is 98.1 cm³/mol. The Morgan fingerprint density at radius 1 is 1.08 bits per heavy atom. The van der Waals surface area contributed by atoms with Crippen molar-refractivity contribution in [2.24, 2.45) is 0 Å². The Labute approximate surface area is 152 Å². The van der Waals surface area contributed by atoms with Crippen LogP contribution in [0.5, 0.6) is 5.75 Å². The van der Waals surface area contributed by atoms with Crippen LogP contribution in [0.1, 0.15) is 36.6 Å². The molecule has 0 unspecified atom stereocenters. The summed E-state index contributed by atoms with van der Waals surface area (Å²) in [7, 11) is 1.67. The quantitative estimate of drug-likeness (QED) is 0.728. The topological polar surface area (TPSA) is 60.2 Å². The lowest BCUT2D eigenvalue weighted by Gasteiger charge is -2.38. The first kappa shape index (κ1) is 16.3. The maximum atomic E-state index is 12.4. The standard InChI is InChI=1S/C20H20N4O2/c1-14(25)23-17(15-8-4-3-5-9-15)12-18(24-20(23)21-13-22-24)16-10-6-7-11-19(16)26-2/h3-11,13,17-18H,12H2,1-2H3/t17-,18+/m1/s1. The van der Waals surface area contributed by atoms with E-state index in [1.54, 1.807) is 18.9 Å². The molecule has 0 radical (unpaired) electrons. The summed E-state index contributed by atoms with van der Waals surface area (Å²) in [5.74, 6) is 1.32. The number of rotatable bonds is 3. The summed E-state index contributed by atoms with van der Waals surface area (Å²) in [5.41, 5.74) is 2.11. The lowest BCUT2D eigenvalue weighted by atomic mass is 9.91. The third-order valence-electron chi connectivity index (χ3n) is 4.84. The van der Waals surface area contributed by atoms with Crippen LogP contribution >= 0.6 is 0 Å². The van der Waals surface area contributed by atoms with Crippen LogP contribution < -0.4 is 9.64 Å². The molecule has 1 aromatic heterocycles. The summed E-state index contributed by atoms with van der Waals surface area (Å²) in [4.78, 5) is 18.5. The monoisotopic (exact) mass is 348 g/mol. The molecule has 0 aliphatic carbocycles. The van der Waals surface area contributed by atoms with Gasteiger partial charge in [-0.05, 0) is 18.1 Å². The summed E-state index contributed by atoms with van der Waals surface area (Å²) in [6, 6.07) is 17.8. The zero-order valence-corrected chi connectivity index (χ0v) is 14.7. The van der Waals surface area contributed by atoms with Gasteiger partial charge in [0.25, 0.3) is 0 Å². The largest absolute Gasteiger partial charge is 0.496 e. The van der Waals surface area contributed by atoms with Crippen molar-refractivity contribution in [1.29, 1.82) is 0 Å². The number of fused-ring (bicyclic) bond motifs is 1. The molecule has 4 rings (SSSR count). The molecule has 0 bridgehead atoms. The second-order valence-corrected chi connectivity index (χ2v) is 6.31. The van der Waals surface area contributed by atoms with Gasteiger partial charge in [0, 0.05) is 12.5 Å². The van der Waals surface area contributed by atoms with Crippen LogP contribution in [0, 0.1) is 0 Å². The van der Waals surface area contributed by atoms with Crippen LogP contribution in [0.3, 0.4) is 0 Å². The van der Waals surface area contributed by atoms with Crippen LogP contribution in [0.25, 0.3) is 0 Å². The summed E-state index contributed by atoms with van der Waals surface area (Å²) >= 11 is 0. The van der Waals surface area contributed by atoms with Gasteiger partial charge in [0.15, 0.2) is 0 Å². The molecule has 0 fully saturated rings. The number of methoxy groups -OCH3 is 1. The minimum absolute atomic E-state index is 0.0495. The zero-order valence-electron chi connectivity index (χ0n) is 14.7. The average molecular weight is 348 g/mol. The van der Waals surface area contributed by atoms with E-state index in [-0.39, 0.29) is 18.0 Å². The molecule has 3 aromatic rings. The summed E-state index contributed by atoms with van der Waals surface area (Å²) in [5, 5.41) is 4.41. The molecule has 0 saturated heterocycles. The molecule has 2 atom stereocenters. The molecular formula is C20H20N4O2. The van der Waals surface area contributed by atoms with Crippen LogP contribution in [0.2, 0.25) is 0 Å². The van der Waals surface area contributed by atoms with E-state index in [4.69, 9.17) is 4.74 Å². The Bertz CT molecular complexity index is 922. The highest BCUT2D eigenvalue weighted by atomic mass is 16.5. The van der Waals surface area contributed by atoms with Crippen LogP contribution in [0.15, 0.2) is 60.9 Å². The van der Waals surface area contributed by atoms with E-state index in [2.05, 4.69) is 10.1 Å². The van der Waals surface area contributed by atoms with Crippen molar-refractivity contribution in [2.45, 2.75) is 25.4 Å². The number of amides is 1. The highest BCUT2D eigenvalue weighted by Gasteiger charge is 2.38. The number of ether oxygens (including phenoxy) is 1. The summed E-state index contributed by atoms with van der Waals surface area (Å²) < 4.78 is 7.38. The number of anilines is 1. The van der Waals surface area contributed by atoms with Gasteiger partial charge in [-0.3, -0.25) is 9.69 Å². The fraction of sp³-hybridized carbons (Fsp3) is 0.250. The van der Waals surface area contributed by atoms with E-state index in [9.17, 15) is 4.79 Å². The van der Waals surface area contributed by atoms with Crippen LogP contribution in [-0.2, 0) is 4.79 Å². The lowest BCUT2D eigenvalue weighted by molar-refractivity contribution is -0.117. The van der Waals surface area contributed by atoms with Crippen molar-refractivity contribution < 1.29 is 9.53 Å². The fourth-order valence-electron chi connectivity index (χ4n) is 3.71. The molecule has 0 saturated carbocycles. The Morgan fingerprint density at radius 2 is 1.81 bits per heavy atom. The first-order chi connectivity index (χ1) is 12.7. The smallest absolute Gasteiger partial charge is 0.231 e. The van der Waals surface area contributed by atoms with E-state index in [1.165, 1.54) is 6.33 Å². The molecule has 26 heavy (non-hydrogen) atoms. The number of nitrogens with zero attached hydrogens (tertiary/aromatic N) is 4. The van der Waals surface area contributed by atoms with Gasteiger partial charge in [0.2, 0.25) is 11.9 Å². The second-order valence-electron chi connectivity index (χ2n) is 6.31. The summed E-state index contributed by atoms with van der Waals surface area (Å²) in [6.07, 6.45) is 2.20. The third-order valence-corrected chi connectivity index (χ3v) is 4.84. The highest BCUT2D eigenvalue weighted by Crippen LogP contribution is 2.43. The van der Waals surface area contributed by atoms with E-state index in [1.807, 2.05) is 59.3 Å². The molecule has 6 nitrogen and oxygen atoms in total. The zero-order chi connectivity index (χ0) is 18.1. The van der Waals surface area contributed by atoms with E-state index >= 15 is 0 Å². The normalized spacial score (nSPS) is 19.1. The molecule has 1 amide bonds. The Hall–Kier alpha value is -3.15. The van der Waals surface area contributed by atoms with Crippen molar-refractivity contribution in [1.82, 2.24) is 14.8 Å². The van der Waals surface area contributed by atoms with Gasteiger partial charge in [0.05, 0.1) is 19.2 Å². The minimum atomic E-state index is -0.111. The molecule has 0 N–H and O–H groups in total. The van der Waals surface area contributed by atoms with Crippen molar-refractivity contribution in [3.8, 4) is 5.75 Å². The number of carbonyl (C=O) groups excluding carboxylic acids is 1. The molecule has 6 heteroatoms. The number of aromatic nitrogens is 3. The first-order valence-electron chi connectivity index (χ1n) is 8.58. The molecule has 132 valence electrons. The van der Waals surface area contributed by atoms with E-state index < -0.39 is 0 Å². The maximum absolute atomic E-state index is 12.4. The van der Waals surface area contributed by atoms with Crippen LogP contribution in [0.4, 0.5) is 5.95 Å².